The summed E-state index contributed by atoms with van der Waals surface area (Å²) < 4.78 is 0. The summed E-state index contributed by atoms with van der Waals surface area (Å²) in [5.41, 5.74) is 9.28. The number of carbonyl (C=O) groups is 2. The molecule has 0 saturated carbocycles. The van der Waals surface area contributed by atoms with Gasteiger partial charge in [0.15, 0.2) is 0 Å². The van der Waals surface area contributed by atoms with E-state index in [4.69, 9.17) is 5.53 Å². The first kappa shape index (κ1) is 13.8. The molecule has 5 heteroatoms. The van der Waals surface area contributed by atoms with E-state index in [0.29, 0.717) is 12.8 Å². The second-order valence-electron chi connectivity index (χ2n) is 3.92. The Morgan fingerprint density at radius 3 is 2.67 bits per heavy atom. The lowest BCUT2D eigenvalue weighted by molar-refractivity contribution is -0.125. The third-order valence-corrected chi connectivity index (χ3v) is 2.47. The Bertz CT molecular complexity index is 464. The molecule has 1 N–H and O–H groups in total. The van der Waals surface area contributed by atoms with E-state index >= 15 is 0 Å². The summed E-state index contributed by atoms with van der Waals surface area (Å²) in [7, 11) is 0. The Morgan fingerprint density at radius 2 is 2.06 bits per heavy atom. The lowest BCUT2D eigenvalue weighted by Crippen LogP contribution is -2.39. The van der Waals surface area contributed by atoms with Gasteiger partial charge in [0, 0.05) is 6.42 Å². The molecule has 1 aromatic carbocycles. The molecule has 94 valence electrons. The van der Waals surface area contributed by atoms with E-state index < -0.39 is 11.8 Å². The predicted molar refractivity (Wildman–Crippen MR) is 67.1 cm³/mol. The van der Waals surface area contributed by atoms with Crippen molar-refractivity contribution in [1.29, 1.82) is 0 Å². The van der Waals surface area contributed by atoms with Crippen molar-refractivity contribution in [2.24, 2.45) is 0 Å². The third-order valence-electron chi connectivity index (χ3n) is 2.47. The zero-order valence-corrected chi connectivity index (χ0v) is 10.2. The molecular formula is C13H15N3O2. The number of nitrogens with one attached hydrogen (secondary N) is 1. The van der Waals surface area contributed by atoms with E-state index in [1.165, 1.54) is 0 Å². The van der Waals surface area contributed by atoms with Gasteiger partial charge in [0.1, 0.15) is 0 Å². The fourth-order valence-electron chi connectivity index (χ4n) is 1.46. The molecule has 0 saturated heterocycles. The fourth-order valence-corrected chi connectivity index (χ4v) is 1.46. The Hall–Kier alpha value is -2.26. The summed E-state index contributed by atoms with van der Waals surface area (Å²) in [5.74, 6) is -0.642. The number of benzene rings is 1. The first-order chi connectivity index (χ1) is 8.63. The molecule has 0 aliphatic carbocycles. The van der Waals surface area contributed by atoms with E-state index in [1.807, 2.05) is 30.3 Å². The van der Waals surface area contributed by atoms with Crippen LogP contribution in [-0.4, -0.2) is 28.7 Å². The van der Waals surface area contributed by atoms with Crippen LogP contribution in [0.4, 0.5) is 0 Å². The van der Waals surface area contributed by atoms with Crippen LogP contribution in [0.1, 0.15) is 18.9 Å². The summed E-state index contributed by atoms with van der Waals surface area (Å²) in [6.07, 6.45) is 1.72. The minimum atomic E-state index is -0.677. The van der Waals surface area contributed by atoms with Crippen LogP contribution in [0.3, 0.4) is 0 Å². The van der Waals surface area contributed by atoms with Crippen molar-refractivity contribution in [2.75, 3.05) is 0 Å². The van der Waals surface area contributed by atoms with Gasteiger partial charge in [-0.15, -0.1) is 0 Å². The van der Waals surface area contributed by atoms with Gasteiger partial charge in [0.25, 0.3) is 5.78 Å². The molecule has 1 atom stereocenters. The molecular weight excluding hydrogens is 230 g/mol. The van der Waals surface area contributed by atoms with Crippen LogP contribution in [0, 0.1) is 0 Å². The number of rotatable bonds is 6. The molecule has 0 spiro atoms. The van der Waals surface area contributed by atoms with Crippen molar-refractivity contribution in [3.63, 3.8) is 0 Å². The number of hydrogen-bond acceptors (Lipinski definition) is 2. The quantitative estimate of drug-likeness (QED) is 0.460. The monoisotopic (exact) mass is 245 g/mol. The van der Waals surface area contributed by atoms with Crippen molar-refractivity contribution in [1.82, 2.24) is 5.32 Å². The summed E-state index contributed by atoms with van der Waals surface area (Å²) in [4.78, 5) is 25.4. The number of ketones is 1. The van der Waals surface area contributed by atoms with E-state index in [2.05, 4.69) is 10.1 Å². The smallest absolute Gasteiger partial charge is 0.325 e. The van der Waals surface area contributed by atoms with Gasteiger partial charge in [-0.05, 0) is 18.9 Å². The topological polar surface area (TPSA) is 82.6 Å². The van der Waals surface area contributed by atoms with Gasteiger partial charge >= 0.3 is 6.21 Å². The second kappa shape index (κ2) is 7.14. The number of Topliss-reactive ketones (excluding diaryl/α,β-unsaturated/α-hetero) is 1. The average molecular weight is 245 g/mol. The Labute approximate surface area is 105 Å². The molecule has 0 bridgehead atoms. The van der Waals surface area contributed by atoms with Crippen molar-refractivity contribution >= 4 is 17.9 Å². The van der Waals surface area contributed by atoms with Gasteiger partial charge in [0.2, 0.25) is 5.91 Å². The molecule has 0 heterocycles. The van der Waals surface area contributed by atoms with Crippen LogP contribution in [0.25, 0.3) is 5.53 Å². The highest BCUT2D eigenvalue weighted by atomic mass is 16.2. The van der Waals surface area contributed by atoms with Crippen LogP contribution in [-0.2, 0) is 16.0 Å². The molecule has 0 radical (unpaired) electrons. The van der Waals surface area contributed by atoms with Crippen molar-refractivity contribution in [3.05, 3.63) is 41.4 Å². The molecule has 0 aliphatic rings. The molecule has 1 rings (SSSR count). The van der Waals surface area contributed by atoms with Gasteiger partial charge < -0.3 is 10.8 Å². The Morgan fingerprint density at radius 1 is 1.39 bits per heavy atom. The SMILES string of the molecule is CC(NC(=O)CCc1ccccc1)C(=O)C=[N+]=[N-]. The molecule has 1 unspecified atom stereocenters. The standard InChI is InChI=1S/C13H15N3O2/c1-10(12(17)9-15-14)16-13(18)8-7-11-5-3-2-4-6-11/h2-6,9-10H,7-8H2,1H3,(H,16,18). The highest BCUT2D eigenvalue weighted by Gasteiger charge is 2.16. The van der Waals surface area contributed by atoms with Crippen LogP contribution < -0.4 is 5.32 Å². The van der Waals surface area contributed by atoms with E-state index in [9.17, 15) is 9.59 Å². The largest absolute Gasteiger partial charge is 0.361 e. The lowest BCUT2D eigenvalue weighted by Gasteiger charge is -2.08. The average Bonchev–Trinajstić information content (AvgIpc) is 2.38. The second-order valence-corrected chi connectivity index (χ2v) is 3.92. The lowest BCUT2D eigenvalue weighted by atomic mass is 10.1. The maximum Gasteiger partial charge on any atom is 0.325 e. The summed E-state index contributed by atoms with van der Waals surface area (Å²) in [5, 5.41) is 2.54. The Kier molecular flexibility index (Phi) is 5.48. The number of hydrogen-bond donors (Lipinski definition) is 1. The van der Waals surface area contributed by atoms with Gasteiger partial charge in [-0.3, -0.25) is 9.59 Å². The summed E-state index contributed by atoms with van der Waals surface area (Å²) in [6.45, 7) is 1.55. The zero-order chi connectivity index (χ0) is 13.4. The zero-order valence-electron chi connectivity index (χ0n) is 10.2. The van der Waals surface area contributed by atoms with Crippen molar-refractivity contribution in [3.8, 4) is 0 Å². The number of aryl methyl sites for hydroxylation is 1. The van der Waals surface area contributed by atoms with Gasteiger partial charge in [-0.1, -0.05) is 30.3 Å². The summed E-state index contributed by atoms with van der Waals surface area (Å²) in [6, 6.07) is 8.96. The van der Waals surface area contributed by atoms with E-state index in [0.717, 1.165) is 11.8 Å². The summed E-state index contributed by atoms with van der Waals surface area (Å²) >= 11 is 0. The van der Waals surface area contributed by atoms with Crippen molar-refractivity contribution in [2.45, 2.75) is 25.8 Å². The molecule has 0 aliphatic heterocycles. The van der Waals surface area contributed by atoms with Crippen LogP contribution in [0.2, 0.25) is 0 Å². The molecule has 1 aromatic rings. The van der Waals surface area contributed by atoms with Gasteiger partial charge in [-0.25, -0.2) is 0 Å². The minimum absolute atomic E-state index is 0.203. The number of amides is 1. The number of carbonyl (C=O) groups excluding carboxylic acids is 2. The molecule has 1 amide bonds. The molecule has 18 heavy (non-hydrogen) atoms. The molecule has 0 aromatic heterocycles. The van der Waals surface area contributed by atoms with Gasteiger partial charge in [-0.2, -0.15) is 4.79 Å². The minimum Gasteiger partial charge on any atom is -0.361 e. The highest BCUT2D eigenvalue weighted by molar-refractivity contribution is 6.28. The highest BCUT2D eigenvalue weighted by Crippen LogP contribution is 2.02. The van der Waals surface area contributed by atoms with E-state index in [-0.39, 0.29) is 5.91 Å². The normalized spacial score (nSPS) is 11.2. The van der Waals surface area contributed by atoms with E-state index in [1.54, 1.807) is 6.92 Å². The fraction of sp³-hybridized carbons (Fsp3) is 0.308. The first-order valence-corrected chi connectivity index (χ1v) is 5.68. The third kappa shape index (κ3) is 4.72. The first-order valence-electron chi connectivity index (χ1n) is 5.68. The van der Waals surface area contributed by atoms with Crippen LogP contribution in [0.5, 0.6) is 0 Å². The van der Waals surface area contributed by atoms with Crippen LogP contribution in [0.15, 0.2) is 30.3 Å². The predicted octanol–water partition coefficient (Wildman–Crippen LogP) is 0.994. The Balaban J connectivity index is 2.38. The molecule has 5 nitrogen and oxygen atoms in total. The van der Waals surface area contributed by atoms with Crippen molar-refractivity contribution < 1.29 is 14.4 Å². The van der Waals surface area contributed by atoms with Gasteiger partial charge in [0.05, 0.1) is 6.04 Å². The number of nitrogens with zero attached hydrogens (tertiary/aromatic N) is 2. The molecule has 0 fully saturated rings. The maximum absolute atomic E-state index is 11.6. The maximum atomic E-state index is 11.6. The van der Waals surface area contributed by atoms with Crippen LogP contribution >= 0.6 is 0 Å².